The van der Waals surface area contributed by atoms with Gasteiger partial charge in [0.05, 0.1) is 11.8 Å². The zero-order valence-electron chi connectivity index (χ0n) is 29.4. The van der Waals surface area contributed by atoms with Gasteiger partial charge < -0.3 is 15.5 Å². The van der Waals surface area contributed by atoms with E-state index < -0.39 is 22.7 Å². The first kappa shape index (κ1) is 35.0. The van der Waals surface area contributed by atoms with E-state index in [2.05, 4.69) is 81.2 Å². The number of rotatable bonds is 6. The van der Waals surface area contributed by atoms with Gasteiger partial charge in [-0.1, -0.05) is 77.6 Å². The van der Waals surface area contributed by atoms with Gasteiger partial charge >= 0.3 is 0 Å². The van der Waals surface area contributed by atoms with Gasteiger partial charge in [0.1, 0.15) is 0 Å². The first-order chi connectivity index (χ1) is 23.4. The van der Waals surface area contributed by atoms with Crippen LogP contribution in [-0.2, 0) is 14.4 Å². The number of hydrogen-bond donors (Lipinski definition) is 2. The lowest BCUT2D eigenvalue weighted by molar-refractivity contribution is -0.194. The molecule has 6 nitrogen and oxygen atoms in total. The Morgan fingerprint density at radius 3 is 1.96 bits per heavy atom. The molecule has 2 aromatic carbocycles. The summed E-state index contributed by atoms with van der Waals surface area (Å²) in [6.07, 6.45) is 11.5. The molecule has 49 heavy (non-hydrogen) atoms. The van der Waals surface area contributed by atoms with Crippen LogP contribution in [0.3, 0.4) is 0 Å². The highest BCUT2D eigenvalue weighted by molar-refractivity contribution is 9.10. The number of nitrogens with zero attached hydrogens (tertiary/aromatic N) is 1. The van der Waals surface area contributed by atoms with Crippen LogP contribution in [0, 0.1) is 51.8 Å². The van der Waals surface area contributed by atoms with Crippen LogP contribution in [0.15, 0.2) is 69.1 Å². The lowest BCUT2D eigenvalue weighted by Crippen LogP contribution is -2.68. The van der Waals surface area contributed by atoms with Crippen LogP contribution in [0.1, 0.15) is 85.5 Å². The zero-order valence-corrected chi connectivity index (χ0v) is 32.5. The third-order valence-electron chi connectivity index (χ3n) is 13.6. The molecule has 6 aliphatic rings. The van der Waals surface area contributed by atoms with E-state index >= 15 is 0 Å². The van der Waals surface area contributed by atoms with Gasteiger partial charge in [-0.05, 0) is 129 Å². The van der Waals surface area contributed by atoms with Crippen molar-refractivity contribution in [3.63, 3.8) is 0 Å². The highest BCUT2D eigenvalue weighted by atomic mass is 79.9. The number of likely N-dealkylation sites (tertiary alicyclic amines) is 1. The largest absolute Gasteiger partial charge is 0.342 e. The molecule has 1 aliphatic heterocycles. The van der Waals surface area contributed by atoms with E-state index in [1.807, 2.05) is 48.5 Å². The zero-order chi connectivity index (χ0) is 34.7. The molecule has 0 radical (unpaired) electrons. The van der Waals surface area contributed by atoms with Crippen LogP contribution >= 0.6 is 31.9 Å². The van der Waals surface area contributed by atoms with Crippen molar-refractivity contribution in [2.24, 2.45) is 51.8 Å². The molecule has 2 N–H and O–H groups in total. The summed E-state index contributed by atoms with van der Waals surface area (Å²) in [6.45, 7) is 11.0. The number of nitrogens with one attached hydrogen (secondary N) is 2. The van der Waals surface area contributed by atoms with E-state index in [4.69, 9.17) is 0 Å². The molecular formula is C41H51Br2N3O3. The standard InChI is InChI=1S/C41H51Br2N3O3/c1-25(2)31-24-41-20-17-32-39(3,18-8-19-40(32,4)38(49)46-21-6-5-7-22-46)33(41)23-30(31)34(36(47)44-28-13-9-26(42)10-14-28)35(41)37(48)45-29-15-11-27(43)12-16-29/h9-16,24-25,30,32-35H,5-8,17-23H2,1-4H3,(H,44,47)(H,45,48)/t30?,32?,33?,34-,35+,39+,40-,41?/m1/s1. The first-order valence-electron chi connectivity index (χ1n) is 18.5. The normalized spacial score (nSPS) is 35.2. The Morgan fingerprint density at radius 2 is 1.37 bits per heavy atom. The van der Waals surface area contributed by atoms with Crippen LogP contribution < -0.4 is 10.6 Å². The molecule has 2 aromatic rings. The van der Waals surface area contributed by atoms with Crippen LogP contribution in [-0.4, -0.2) is 35.7 Å². The molecule has 1 spiro atoms. The minimum atomic E-state index is -0.526. The third-order valence-corrected chi connectivity index (χ3v) is 14.7. The van der Waals surface area contributed by atoms with Crippen molar-refractivity contribution in [3.05, 3.63) is 69.1 Å². The Bertz CT molecular complexity index is 1630. The van der Waals surface area contributed by atoms with Gasteiger partial charge in [-0.2, -0.15) is 0 Å². The number of hydrogen-bond acceptors (Lipinski definition) is 3. The van der Waals surface area contributed by atoms with Crippen LogP contribution in [0.2, 0.25) is 0 Å². The summed E-state index contributed by atoms with van der Waals surface area (Å²) in [5.41, 5.74) is 1.80. The maximum atomic E-state index is 14.9. The monoisotopic (exact) mass is 791 g/mol. The topological polar surface area (TPSA) is 78.5 Å². The van der Waals surface area contributed by atoms with E-state index in [1.54, 1.807) is 0 Å². The predicted octanol–water partition coefficient (Wildman–Crippen LogP) is 9.86. The van der Waals surface area contributed by atoms with Crippen molar-refractivity contribution >= 4 is 61.0 Å². The lowest BCUT2D eigenvalue weighted by Gasteiger charge is -2.69. The maximum Gasteiger partial charge on any atom is 0.229 e. The molecule has 3 saturated carbocycles. The SMILES string of the molecule is CC(C)C1=CC23CCC4[C@](C)(CCC[C@@]4(C)C(=O)N4CCCCC4)C2CC1[C@@H](C(=O)Nc1ccc(Br)cc1)[C@H]3C(=O)Nc1ccc(Br)cc1. The van der Waals surface area contributed by atoms with Gasteiger partial charge in [0, 0.05) is 44.2 Å². The van der Waals surface area contributed by atoms with E-state index in [1.165, 1.54) is 12.0 Å². The molecule has 8 rings (SSSR count). The van der Waals surface area contributed by atoms with Gasteiger partial charge in [-0.15, -0.1) is 0 Å². The Hall–Kier alpha value is -2.45. The number of fused-ring (bicyclic) bond motifs is 2. The molecule has 4 fully saturated rings. The molecule has 5 aliphatic carbocycles. The number of halogens is 2. The van der Waals surface area contributed by atoms with E-state index in [-0.39, 0.29) is 40.9 Å². The van der Waals surface area contributed by atoms with Crippen molar-refractivity contribution in [2.45, 2.75) is 85.5 Å². The number of carbonyl (C=O) groups excluding carboxylic acids is 3. The molecule has 8 atom stereocenters. The van der Waals surface area contributed by atoms with Gasteiger partial charge in [0.15, 0.2) is 0 Å². The summed E-state index contributed by atoms with van der Waals surface area (Å²) in [5.74, 6) is -0.144. The molecule has 4 unspecified atom stereocenters. The Labute approximate surface area is 308 Å². The van der Waals surface area contributed by atoms with Gasteiger partial charge in [0.2, 0.25) is 17.7 Å². The summed E-state index contributed by atoms with van der Waals surface area (Å²) in [4.78, 5) is 46.2. The van der Waals surface area contributed by atoms with Crippen molar-refractivity contribution in [1.82, 2.24) is 4.90 Å². The fourth-order valence-corrected chi connectivity index (χ4v) is 12.1. The second kappa shape index (κ2) is 13.3. The molecule has 1 saturated heterocycles. The number of benzene rings is 2. The first-order valence-corrected chi connectivity index (χ1v) is 20.1. The van der Waals surface area contributed by atoms with Gasteiger partial charge in [-0.25, -0.2) is 0 Å². The average Bonchev–Trinajstić information content (AvgIpc) is 3.09. The predicted molar refractivity (Wildman–Crippen MR) is 203 cm³/mol. The van der Waals surface area contributed by atoms with Crippen LogP contribution in [0.25, 0.3) is 0 Å². The number of piperidine rings is 1. The van der Waals surface area contributed by atoms with Crippen LogP contribution in [0.4, 0.5) is 11.4 Å². The minimum absolute atomic E-state index is 0.0513. The van der Waals surface area contributed by atoms with Gasteiger partial charge in [-0.3, -0.25) is 14.4 Å². The molecule has 1 heterocycles. The lowest BCUT2D eigenvalue weighted by atomic mass is 9.34. The molecule has 2 bridgehead atoms. The summed E-state index contributed by atoms with van der Waals surface area (Å²) in [7, 11) is 0. The number of carbonyl (C=O) groups is 3. The van der Waals surface area contributed by atoms with E-state index in [9.17, 15) is 14.4 Å². The minimum Gasteiger partial charge on any atom is -0.342 e. The second-order valence-corrected chi connectivity index (χ2v) is 18.4. The summed E-state index contributed by atoms with van der Waals surface area (Å²) >= 11 is 7.04. The van der Waals surface area contributed by atoms with Gasteiger partial charge in [0.25, 0.3) is 0 Å². The Morgan fingerprint density at radius 1 is 0.776 bits per heavy atom. The molecular weight excluding hydrogens is 742 g/mol. The summed E-state index contributed by atoms with van der Waals surface area (Å²) in [5, 5.41) is 6.52. The highest BCUT2D eigenvalue weighted by Gasteiger charge is 2.70. The van der Waals surface area contributed by atoms with Crippen molar-refractivity contribution in [1.29, 1.82) is 0 Å². The maximum absolute atomic E-state index is 14.9. The molecule has 262 valence electrons. The quantitative estimate of drug-likeness (QED) is 0.286. The summed E-state index contributed by atoms with van der Waals surface area (Å²) < 4.78 is 1.90. The van der Waals surface area contributed by atoms with E-state index in [0.717, 1.165) is 84.8 Å². The number of allylic oxidation sites excluding steroid dienone is 2. The van der Waals surface area contributed by atoms with Crippen molar-refractivity contribution in [2.75, 3.05) is 23.7 Å². The summed E-state index contributed by atoms with van der Waals surface area (Å²) in [6, 6.07) is 15.4. The van der Waals surface area contributed by atoms with Crippen molar-refractivity contribution in [3.8, 4) is 0 Å². The van der Waals surface area contributed by atoms with Crippen LogP contribution in [0.5, 0.6) is 0 Å². The Kier molecular flexibility index (Phi) is 9.47. The van der Waals surface area contributed by atoms with Crippen molar-refractivity contribution < 1.29 is 14.4 Å². The smallest absolute Gasteiger partial charge is 0.229 e. The molecule has 3 amide bonds. The number of amides is 3. The molecule has 8 heteroatoms. The average molecular weight is 794 g/mol. The number of anilines is 2. The Balaban J connectivity index is 1.31. The fourth-order valence-electron chi connectivity index (χ4n) is 11.6. The highest BCUT2D eigenvalue weighted by Crippen LogP contribution is 2.73. The second-order valence-electron chi connectivity index (χ2n) is 16.5. The molecule has 0 aromatic heterocycles. The van der Waals surface area contributed by atoms with E-state index in [0.29, 0.717) is 5.91 Å². The third kappa shape index (κ3) is 5.94. The fraction of sp³-hybridized carbons (Fsp3) is 0.585.